The second kappa shape index (κ2) is 6.92. The molecule has 0 saturated heterocycles. The van der Waals surface area contributed by atoms with Gasteiger partial charge in [-0.3, -0.25) is 0 Å². The molecule has 1 aliphatic carbocycles. The maximum absolute atomic E-state index is 6.19. The van der Waals surface area contributed by atoms with Crippen molar-refractivity contribution in [3.8, 4) is 5.75 Å². The summed E-state index contributed by atoms with van der Waals surface area (Å²) in [6.45, 7) is 1.02. The normalized spacial score (nSPS) is 17.9. The van der Waals surface area contributed by atoms with Gasteiger partial charge in [-0.15, -0.1) is 0 Å². The van der Waals surface area contributed by atoms with Gasteiger partial charge in [0.15, 0.2) is 0 Å². The van der Waals surface area contributed by atoms with Crippen LogP contribution in [-0.4, -0.2) is 31.6 Å². The molecule has 0 bridgehead atoms. The maximum Gasteiger partial charge on any atom is 0.119 e. The van der Waals surface area contributed by atoms with Crippen molar-refractivity contribution in [2.45, 2.75) is 44.2 Å². The van der Waals surface area contributed by atoms with Gasteiger partial charge >= 0.3 is 0 Å². The lowest BCUT2D eigenvalue weighted by molar-refractivity contribution is 0.210. The molecule has 0 radical (unpaired) electrons. The van der Waals surface area contributed by atoms with Gasteiger partial charge in [-0.2, -0.15) is 0 Å². The molecule has 0 amide bonds. The van der Waals surface area contributed by atoms with Crippen molar-refractivity contribution in [2.24, 2.45) is 5.73 Å². The number of hydrogen-bond acceptors (Lipinski definition) is 3. The van der Waals surface area contributed by atoms with E-state index in [9.17, 15) is 0 Å². The number of hydrogen-bond donors (Lipinski definition) is 1. The largest absolute Gasteiger partial charge is 0.490 e. The zero-order chi connectivity index (χ0) is 13.7. The average Bonchev–Trinajstić information content (AvgIpc) is 2.89. The molecular weight excluding hydrogens is 236 g/mol. The zero-order valence-electron chi connectivity index (χ0n) is 12.1. The van der Waals surface area contributed by atoms with E-state index in [2.05, 4.69) is 43.3 Å². The molecule has 0 spiro atoms. The first kappa shape index (κ1) is 14.4. The summed E-state index contributed by atoms with van der Waals surface area (Å²) < 4.78 is 5.96. The lowest BCUT2D eigenvalue weighted by Gasteiger charge is -2.17. The van der Waals surface area contributed by atoms with Gasteiger partial charge in [0.25, 0.3) is 0 Å². The Hall–Kier alpha value is -1.06. The predicted molar refractivity (Wildman–Crippen MR) is 79.4 cm³/mol. The quantitative estimate of drug-likeness (QED) is 0.856. The van der Waals surface area contributed by atoms with Crippen LogP contribution in [0.2, 0.25) is 0 Å². The van der Waals surface area contributed by atoms with Crippen LogP contribution >= 0.6 is 0 Å². The minimum atomic E-state index is 0.114. The molecule has 1 unspecified atom stereocenters. The van der Waals surface area contributed by atoms with E-state index in [1.54, 1.807) is 0 Å². The molecule has 2 rings (SSSR count). The third-order valence-corrected chi connectivity index (χ3v) is 3.80. The molecule has 1 saturated carbocycles. The second-order valence-electron chi connectivity index (χ2n) is 5.79. The predicted octanol–water partition coefficient (Wildman–Crippen LogP) is 2.96. The summed E-state index contributed by atoms with van der Waals surface area (Å²) in [7, 11) is 4.15. The molecule has 3 nitrogen and oxygen atoms in total. The van der Waals surface area contributed by atoms with Crippen molar-refractivity contribution >= 4 is 0 Å². The Balaban J connectivity index is 1.86. The Kier molecular flexibility index (Phi) is 5.23. The van der Waals surface area contributed by atoms with Gasteiger partial charge in [0.1, 0.15) is 5.75 Å². The van der Waals surface area contributed by atoms with Gasteiger partial charge in [-0.1, -0.05) is 12.1 Å². The van der Waals surface area contributed by atoms with Gasteiger partial charge in [0, 0.05) is 6.04 Å². The molecule has 0 heterocycles. The number of rotatable bonds is 6. The highest BCUT2D eigenvalue weighted by Crippen LogP contribution is 2.25. The molecule has 0 aliphatic heterocycles. The van der Waals surface area contributed by atoms with Crippen molar-refractivity contribution in [3.63, 3.8) is 0 Å². The van der Waals surface area contributed by atoms with Crippen molar-refractivity contribution < 1.29 is 4.74 Å². The van der Waals surface area contributed by atoms with E-state index in [0.29, 0.717) is 6.10 Å². The Morgan fingerprint density at radius 1 is 1.21 bits per heavy atom. The lowest BCUT2D eigenvalue weighted by atomic mass is 10.0. The van der Waals surface area contributed by atoms with Crippen molar-refractivity contribution in [1.29, 1.82) is 0 Å². The standard InChI is InChI=1S/C16H26N2O/c1-18(2)12-11-16(17)13-7-9-15(10-8-13)19-14-5-3-4-6-14/h7-10,14,16H,3-6,11-12,17H2,1-2H3. The van der Waals surface area contributed by atoms with Crippen LogP contribution < -0.4 is 10.5 Å². The van der Waals surface area contributed by atoms with Gasteiger partial charge in [0.05, 0.1) is 6.10 Å². The fourth-order valence-electron chi connectivity index (χ4n) is 2.56. The molecule has 0 aromatic heterocycles. The maximum atomic E-state index is 6.19. The highest BCUT2D eigenvalue weighted by Gasteiger charge is 2.16. The van der Waals surface area contributed by atoms with Crippen molar-refractivity contribution in [1.82, 2.24) is 4.90 Å². The Morgan fingerprint density at radius 3 is 2.42 bits per heavy atom. The van der Waals surface area contributed by atoms with E-state index in [4.69, 9.17) is 10.5 Å². The van der Waals surface area contributed by atoms with Crippen LogP contribution in [0.15, 0.2) is 24.3 Å². The van der Waals surface area contributed by atoms with Gasteiger partial charge in [0.2, 0.25) is 0 Å². The van der Waals surface area contributed by atoms with Crippen LogP contribution in [0.4, 0.5) is 0 Å². The molecule has 19 heavy (non-hydrogen) atoms. The summed E-state index contributed by atoms with van der Waals surface area (Å²) in [5, 5.41) is 0. The summed E-state index contributed by atoms with van der Waals surface area (Å²) in [6, 6.07) is 8.43. The first-order valence-electron chi connectivity index (χ1n) is 7.32. The van der Waals surface area contributed by atoms with Crippen LogP contribution in [0.3, 0.4) is 0 Å². The zero-order valence-corrected chi connectivity index (χ0v) is 12.1. The molecule has 106 valence electrons. The molecule has 1 aromatic carbocycles. The van der Waals surface area contributed by atoms with E-state index in [1.165, 1.54) is 31.2 Å². The summed E-state index contributed by atoms with van der Waals surface area (Å²) in [5.74, 6) is 0.982. The summed E-state index contributed by atoms with van der Waals surface area (Å²) in [6.07, 6.45) is 6.41. The second-order valence-corrected chi connectivity index (χ2v) is 5.79. The van der Waals surface area contributed by atoms with Crippen LogP contribution in [0.1, 0.15) is 43.7 Å². The highest BCUT2D eigenvalue weighted by molar-refractivity contribution is 5.29. The molecular formula is C16H26N2O. The third kappa shape index (κ3) is 4.51. The van der Waals surface area contributed by atoms with E-state index in [-0.39, 0.29) is 6.04 Å². The molecule has 3 heteroatoms. The van der Waals surface area contributed by atoms with Crippen LogP contribution in [-0.2, 0) is 0 Å². The van der Waals surface area contributed by atoms with Crippen molar-refractivity contribution in [2.75, 3.05) is 20.6 Å². The average molecular weight is 262 g/mol. The number of ether oxygens (including phenoxy) is 1. The fraction of sp³-hybridized carbons (Fsp3) is 0.625. The first-order valence-corrected chi connectivity index (χ1v) is 7.32. The van der Waals surface area contributed by atoms with Crippen LogP contribution in [0.25, 0.3) is 0 Å². The minimum Gasteiger partial charge on any atom is -0.490 e. The molecule has 1 fully saturated rings. The fourth-order valence-corrected chi connectivity index (χ4v) is 2.56. The van der Waals surface area contributed by atoms with E-state index < -0.39 is 0 Å². The molecule has 1 atom stereocenters. The monoisotopic (exact) mass is 262 g/mol. The van der Waals surface area contributed by atoms with E-state index >= 15 is 0 Å². The molecule has 2 N–H and O–H groups in total. The third-order valence-electron chi connectivity index (χ3n) is 3.80. The van der Waals surface area contributed by atoms with Crippen LogP contribution in [0, 0.1) is 0 Å². The minimum absolute atomic E-state index is 0.114. The van der Waals surface area contributed by atoms with Crippen molar-refractivity contribution in [3.05, 3.63) is 29.8 Å². The van der Waals surface area contributed by atoms with Gasteiger partial charge in [-0.05, 0) is 70.4 Å². The summed E-state index contributed by atoms with van der Waals surface area (Å²) >= 11 is 0. The summed E-state index contributed by atoms with van der Waals surface area (Å²) in [5.41, 5.74) is 7.38. The smallest absolute Gasteiger partial charge is 0.119 e. The highest BCUT2D eigenvalue weighted by atomic mass is 16.5. The van der Waals surface area contributed by atoms with E-state index in [0.717, 1.165) is 18.7 Å². The first-order chi connectivity index (χ1) is 9.15. The molecule has 1 aliphatic rings. The topological polar surface area (TPSA) is 38.5 Å². The van der Waals surface area contributed by atoms with E-state index in [1.807, 2.05) is 0 Å². The Morgan fingerprint density at radius 2 is 1.84 bits per heavy atom. The van der Waals surface area contributed by atoms with Crippen LogP contribution in [0.5, 0.6) is 5.75 Å². The SMILES string of the molecule is CN(C)CCC(N)c1ccc(OC2CCCC2)cc1. The summed E-state index contributed by atoms with van der Waals surface area (Å²) in [4.78, 5) is 2.16. The Labute approximate surface area is 116 Å². The molecule has 1 aromatic rings. The van der Waals surface area contributed by atoms with Gasteiger partial charge in [-0.25, -0.2) is 0 Å². The number of benzene rings is 1. The van der Waals surface area contributed by atoms with Gasteiger partial charge < -0.3 is 15.4 Å². The Bertz CT molecular complexity index is 369. The number of nitrogens with two attached hydrogens (primary N) is 1. The lowest BCUT2D eigenvalue weighted by Crippen LogP contribution is -2.20. The number of nitrogens with zero attached hydrogens (tertiary/aromatic N) is 1.